The van der Waals surface area contributed by atoms with Crippen LogP contribution in [0.3, 0.4) is 0 Å². The van der Waals surface area contributed by atoms with Crippen LogP contribution in [-0.2, 0) is 0 Å². The summed E-state index contributed by atoms with van der Waals surface area (Å²) in [6.45, 7) is 3.89. The van der Waals surface area contributed by atoms with E-state index in [9.17, 15) is 4.79 Å². The van der Waals surface area contributed by atoms with Crippen LogP contribution in [0.5, 0.6) is 17.2 Å². The summed E-state index contributed by atoms with van der Waals surface area (Å²) in [5.74, 6) is 1.77. The first kappa shape index (κ1) is 20.6. The molecule has 4 nitrogen and oxygen atoms in total. The van der Waals surface area contributed by atoms with Crippen molar-refractivity contribution in [2.45, 2.75) is 13.8 Å². The predicted octanol–water partition coefficient (Wildman–Crippen LogP) is 0.745. The van der Waals surface area contributed by atoms with Crippen LogP contribution in [0.4, 0.5) is 0 Å². The average molecular weight is 338 g/mol. The van der Waals surface area contributed by atoms with Gasteiger partial charge in [-0.2, -0.15) is 0 Å². The molecule has 0 aliphatic heterocycles. The van der Waals surface area contributed by atoms with Crippen molar-refractivity contribution in [2.75, 3.05) is 21.3 Å². The standard InChI is InChI=1S/C18H20O4P.Li/c1-11-7-6-8-12(2)16(11)18(19)23-17-14(21-4)9-13(20-3)10-15(17)22-5;/h6-10H,1-5H3;/q-1;+1. The van der Waals surface area contributed by atoms with Crippen molar-refractivity contribution in [3.8, 4) is 17.2 Å². The van der Waals surface area contributed by atoms with Crippen molar-refractivity contribution >= 4 is 19.4 Å². The van der Waals surface area contributed by atoms with Gasteiger partial charge in [0, 0.05) is 17.7 Å². The van der Waals surface area contributed by atoms with Crippen molar-refractivity contribution < 1.29 is 37.9 Å². The van der Waals surface area contributed by atoms with E-state index in [1.54, 1.807) is 33.5 Å². The second-order valence-corrected chi connectivity index (χ2v) is 6.14. The van der Waals surface area contributed by atoms with E-state index in [1.165, 1.54) is 0 Å². The normalized spacial score (nSPS) is 10.4. The second-order valence-electron chi connectivity index (χ2n) is 5.06. The van der Waals surface area contributed by atoms with Gasteiger partial charge in [0.05, 0.1) is 32.8 Å². The Morgan fingerprint density at radius 1 is 0.917 bits per heavy atom. The van der Waals surface area contributed by atoms with E-state index in [0.717, 1.165) is 16.7 Å². The molecule has 0 saturated heterocycles. The van der Waals surface area contributed by atoms with E-state index in [-0.39, 0.29) is 24.4 Å². The Labute approximate surface area is 156 Å². The number of ether oxygens (including phenoxy) is 3. The molecule has 0 aliphatic carbocycles. The average Bonchev–Trinajstić information content (AvgIpc) is 2.54. The topological polar surface area (TPSA) is 44.8 Å². The van der Waals surface area contributed by atoms with Gasteiger partial charge in [0.1, 0.15) is 5.75 Å². The van der Waals surface area contributed by atoms with Gasteiger partial charge in [-0.15, -0.1) is 5.30 Å². The Morgan fingerprint density at radius 2 is 1.42 bits per heavy atom. The molecule has 0 aliphatic rings. The zero-order valence-corrected chi connectivity index (χ0v) is 15.9. The molecule has 0 spiro atoms. The Morgan fingerprint density at radius 3 is 1.83 bits per heavy atom. The first-order valence-corrected chi connectivity index (χ1v) is 8.03. The molecule has 24 heavy (non-hydrogen) atoms. The number of carbonyl (C=O) groups is 1. The molecular formula is C18H20LiO4P. The minimum absolute atomic E-state index is 0. The molecule has 0 radical (unpaired) electrons. The number of rotatable bonds is 6. The molecule has 0 N–H and O–H groups in total. The van der Waals surface area contributed by atoms with Crippen LogP contribution in [0, 0.1) is 13.8 Å². The molecule has 2 aromatic carbocycles. The maximum atomic E-state index is 12.8. The summed E-state index contributed by atoms with van der Waals surface area (Å²) >= 11 is 0. The Bertz CT molecular complexity index is 686. The van der Waals surface area contributed by atoms with Gasteiger partial charge in [0.25, 0.3) is 0 Å². The van der Waals surface area contributed by atoms with Crippen LogP contribution in [0.2, 0.25) is 0 Å². The maximum absolute atomic E-state index is 12.8. The molecule has 0 heterocycles. The molecule has 0 saturated carbocycles. The molecule has 0 fully saturated rings. The monoisotopic (exact) mass is 338 g/mol. The Kier molecular flexibility index (Phi) is 7.83. The summed E-state index contributed by atoms with van der Waals surface area (Å²) in [4.78, 5) is 12.8. The van der Waals surface area contributed by atoms with E-state index in [4.69, 9.17) is 14.2 Å². The van der Waals surface area contributed by atoms with Crippen LogP contribution in [0.1, 0.15) is 21.5 Å². The number of hydrogen-bond acceptors (Lipinski definition) is 4. The van der Waals surface area contributed by atoms with E-state index in [1.807, 2.05) is 32.0 Å². The molecule has 2 aromatic rings. The SMILES string of the molecule is COc1cc(OC)c([P-]C(=O)c2c(C)cccc2C)c(OC)c1.[Li+]. The van der Waals surface area contributed by atoms with Crippen LogP contribution in [0.25, 0.3) is 0 Å². The first-order chi connectivity index (χ1) is 11.0. The maximum Gasteiger partial charge on any atom is 1.00 e. The number of aryl methyl sites for hydroxylation is 2. The zero-order valence-electron chi connectivity index (χ0n) is 15.0. The van der Waals surface area contributed by atoms with Gasteiger partial charge in [-0.3, -0.25) is 0 Å². The van der Waals surface area contributed by atoms with Crippen molar-refractivity contribution in [2.24, 2.45) is 0 Å². The third kappa shape index (κ3) is 4.33. The van der Waals surface area contributed by atoms with Gasteiger partial charge in [-0.05, 0) is 30.5 Å². The second kappa shape index (κ2) is 9.13. The summed E-state index contributed by atoms with van der Waals surface area (Å²) in [6.07, 6.45) is 0. The first-order valence-electron chi connectivity index (χ1n) is 7.14. The molecular weight excluding hydrogens is 318 g/mol. The van der Waals surface area contributed by atoms with Crippen molar-refractivity contribution in [1.29, 1.82) is 0 Å². The van der Waals surface area contributed by atoms with Crippen LogP contribution in [0.15, 0.2) is 30.3 Å². The summed E-state index contributed by atoms with van der Waals surface area (Å²) in [6, 6.07) is 9.34. The Balaban J connectivity index is 0.00000288. The third-order valence-corrected chi connectivity index (χ3v) is 4.69. The van der Waals surface area contributed by atoms with Gasteiger partial charge in [0.2, 0.25) is 0 Å². The molecule has 0 atom stereocenters. The molecule has 0 aromatic heterocycles. The summed E-state index contributed by atoms with van der Waals surface area (Å²) < 4.78 is 16.1. The minimum Gasteiger partial charge on any atom is -0.499 e. The number of methoxy groups -OCH3 is 3. The molecule has 6 heteroatoms. The van der Waals surface area contributed by atoms with Crippen molar-refractivity contribution in [1.82, 2.24) is 0 Å². The van der Waals surface area contributed by atoms with Gasteiger partial charge >= 0.3 is 18.9 Å². The van der Waals surface area contributed by atoms with E-state index < -0.39 is 0 Å². The fourth-order valence-electron chi connectivity index (χ4n) is 2.41. The summed E-state index contributed by atoms with van der Waals surface area (Å²) in [5, 5.41) is 0.698. The van der Waals surface area contributed by atoms with Crippen LogP contribution in [-0.4, -0.2) is 26.9 Å². The summed E-state index contributed by atoms with van der Waals surface area (Å²) in [7, 11) is 5.22. The van der Waals surface area contributed by atoms with E-state index in [2.05, 4.69) is 0 Å². The van der Waals surface area contributed by atoms with Gasteiger partial charge < -0.3 is 27.6 Å². The smallest absolute Gasteiger partial charge is 0.499 e. The molecule has 2 rings (SSSR count). The van der Waals surface area contributed by atoms with Gasteiger partial charge in [-0.25, -0.2) is 0 Å². The number of carbonyl (C=O) groups excluding carboxylic acids is 1. The van der Waals surface area contributed by atoms with Crippen molar-refractivity contribution in [3.63, 3.8) is 0 Å². The fraction of sp³-hybridized carbons (Fsp3) is 0.278. The fourth-order valence-corrected chi connectivity index (χ4v) is 3.61. The number of hydrogen-bond donors (Lipinski definition) is 0. The van der Waals surface area contributed by atoms with Crippen LogP contribution >= 0.6 is 8.58 Å². The third-order valence-electron chi connectivity index (χ3n) is 3.60. The molecule has 122 valence electrons. The molecule has 0 bridgehead atoms. The van der Waals surface area contributed by atoms with Crippen molar-refractivity contribution in [3.05, 3.63) is 47.0 Å². The minimum atomic E-state index is 0. The largest absolute Gasteiger partial charge is 1.00 e. The summed E-state index contributed by atoms with van der Waals surface area (Å²) in [5.41, 5.74) is 2.69. The van der Waals surface area contributed by atoms with Crippen LogP contribution < -0.4 is 38.4 Å². The number of benzene rings is 2. The van der Waals surface area contributed by atoms with Gasteiger partial charge in [0.15, 0.2) is 0 Å². The molecule has 0 unspecified atom stereocenters. The van der Waals surface area contributed by atoms with E-state index >= 15 is 0 Å². The predicted molar refractivity (Wildman–Crippen MR) is 92.9 cm³/mol. The van der Waals surface area contributed by atoms with Gasteiger partial charge in [-0.1, -0.05) is 18.2 Å². The Hall–Kier alpha value is -1.46. The quantitative estimate of drug-likeness (QED) is 0.576. The van der Waals surface area contributed by atoms with E-state index in [0.29, 0.717) is 31.1 Å². The zero-order chi connectivity index (χ0) is 17.0. The molecule has 0 amide bonds.